The van der Waals surface area contributed by atoms with E-state index < -0.39 is 0 Å². The standard InChI is InChI=1S/C11H14ClNO2/c1-2-10(7-14)13-11(15)8-3-5-9(12)6-4-8/h3-6,10,14H,2,7H2,1H3,(H,13,15). The van der Waals surface area contributed by atoms with Crippen LogP contribution in [0.1, 0.15) is 23.7 Å². The van der Waals surface area contributed by atoms with Crippen LogP contribution in [0.2, 0.25) is 5.02 Å². The number of amides is 1. The molecular formula is C11H14ClNO2. The SMILES string of the molecule is CCC(CO)NC(=O)c1ccc(Cl)cc1. The molecule has 0 spiro atoms. The van der Waals surface area contributed by atoms with Gasteiger partial charge in [0.25, 0.3) is 5.91 Å². The summed E-state index contributed by atoms with van der Waals surface area (Å²) >= 11 is 5.70. The number of carbonyl (C=O) groups excluding carboxylic acids is 1. The lowest BCUT2D eigenvalue weighted by molar-refractivity contribution is 0.0915. The van der Waals surface area contributed by atoms with E-state index in [1.54, 1.807) is 24.3 Å². The van der Waals surface area contributed by atoms with E-state index in [0.29, 0.717) is 17.0 Å². The van der Waals surface area contributed by atoms with Crippen molar-refractivity contribution < 1.29 is 9.90 Å². The van der Waals surface area contributed by atoms with Crippen LogP contribution in [0.5, 0.6) is 0 Å². The van der Waals surface area contributed by atoms with Crippen molar-refractivity contribution in [2.75, 3.05) is 6.61 Å². The molecule has 15 heavy (non-hydrogen) atoms. The number of hydrogen-bond donors (Lipinski definition) is 2. The Morgan fingerprint density at radius 2 is 2.07 bits per heavy atom. The zero-order valence-corrected chi connectivity index (χ0v) is 9.29. The number of rotatable bonds is 4. The van der Waals surface area contributed by atoms with Crippen LogP contribution in [0.15, 0.2) is 24.3 Å². The smallest absolute Gasteiger partial charge is 0.251 e. The third kappa shape index (κ3) is 3.53. The number of aliphatic hydroxyl groups excluding tert-OH is 1. The third-order valence-electron chi connectivity index (χ3n) is 2.15. The first-order valence-electron chi connectivity index (χ1n) is 4.84. The lowest BCUT2D eigenvalue weighted by atomic mass is 10.2. The average molecular weight is 228 g/mol. The fourth-order valence-corrected chi connectivity index (χ4v) is 1.27. The lowest BCUT2D eigenvalue weighted by Gasteiger charge is -2.13. The van der Waals surface area contributed by atoms with E-state index in [9.17, 15) is 4.79 Å². The Labute approximate surface area is 94.1 Å². The van der Waals surface area contributed by atoms with Crippen LogP contribution in [-0.4, -0.2) is 23.7 Å². The second-order valence-electron chi connectivity index (χ2n) is 3.27. The number of aliphatic hydroxyl groups is 1. The summed E-state index contributed by atoms with van der Waals surface area (Å²) in [6, 6.07) is 6.45. The van der Waals surface area contributed by atoms with Gasteiger partial charge in [-0.15, -0.1) is 0 Å². The van der Waals surface area contributed by atoms with Gasteiger partial charge in [0, 0.05) is 10.6 Å². The maximum absolute atomic E-state index is 11.6. The van der Waals surface area contributed by atoms with Crippen molar-refractivity contribution >= 4 is 17.5 Å². The first kappa shape index (κ1) is 12.0. The second kappa shape index (κ2) is 5.73. The van der Waals surface area contributed by atoms with Gasteiger partial charge in [-0.3, -0.25) is 4.79 Å². The summed E-state index contributed by atoms with van der Waals surface area (Å²) < 4.78 is 0. The molecule has 1 aromatic carbocycles. The van der Waals surface area contributed by atoms with Gasteiger partial charge in [0.1, 0.15) is 0 Å². The fraction of sp³-hybridized carbons (Fsp3) is 0.364. The molecule has 3 nitrogen and oxygen atoms in total. The summed E-state index contributed by atoms with van der Waals surface area (Å²) in [6.45, 7) is 1.86. The van der Waals surface area contributed by atoms with Gasteiger partial charge >= 0.3 is 0 Å². The Kier molecular flexibility index (Phi) is 4.59. The van der Waals surface area contributed by atoms with E-state index in [0.717, 1.165) is 0 Å². The molecular weight excluding hydrogens is 214 g/mol. The predicted octanol–water partition coefficient (Wildman–Crippen LogP) is 1.84. The van der Waals surface area contributed by atoms with Crippen molar-refractivity contribution in [2.24, 2.45) is 0 Å². The third-order valence-corrected chi connectivity index (χ3v) is 2.41. The Morgan fingerprint density at radius 1 is 1.47 bits per heavy atom. The normalized spacial score (nSPS) is 12.2. The fourth-order valence-electron chi connectivity index (χ4n) is 1.15. The van der Waals surface area contributed by atoms with Gasteiger partial charge in [0.15, 0.2) is 0 Å². The van der Waals surface area contributed by atoms with E-state index in [4.69, 9.17) is 16.7 Å². The minimum absolute atomic E-state index is 0.0458. The van der Waals surface area contributed by atoms with E-state index in [-0.39, 0.29) is 18.6 Å². The average Bonchev–Trinajstić information content (AvgIpc) is 2.26. The number of benzene rings is 1. The van der Waals surface area contributed by atoms with Gasteiger partial charge in [-0.05, 0) is 30.7 Å². The van der Waals surface area contributed by atoms with Gasteiger partial charge < -0.3 is 10.4 Å². The Balaban J connectivity index is 2.64. The number of hydrogen-bond acceptors (Lipinski definition) is 2. The van der Waals surface area contributed by atoms with Crippen LogP contribution in [0, 0.1) is 0 Å². The molecule has 0 aliphatic rings. The van der Waals surface area contributed by atoms with Gasteiger partial charge in [0.2, 0.25) is 0 Å². The van der Waals surface area contributed by atoms with Crippen LogP contribution >= 0.6 is 11.6 Å². The van der Waals surface area contributed by atoms with E-state index in [1.165, 1.54) is 0 Å². The van der Waals surface area contributed by atoms with Crippen LogP contribution in [-0.2, 0) is 0 Å². The minimum atomic E-state index is -0.187. The Morgan fingerprint density at radius 3 is 2.53 bits per heavy atom. The maximum Gasteiger partial charge on any atom is 0.251 e. The largest absolute Gasteiger partial charge is 0.394 e. The molecule has 0 saturated heterocycles. The van der Waals surface area contributed by atoms with Crippen molar-refractivity contribution in [3.05, 3.63) is 34.9 Å². The predicted molar refractivity (Wildman–Crippen MR) is 60.1 cm³/mol. The summed E-state index contributed by atoms with van der Waals surface area (Å²) in [6.07, 6.45) is 0.704. The number of nitrogens with one attached hydrogen (secondary N) is 1. The molecule has 1 atom stereocenters. The summed E-state index contributed by atoms with van der Waals surface area (Å²) in [5.74, 6) is -0.187. The Hall–Kier alpha value is -1.06. The molecule has 1 rings (SSSR count). The zero-order chi connectivity index (χ0) is 11.3. The minimum Gasteiger partial charge on any atom is -0.394 e. The highest BCUT2D eigenvalue weighted by Gasteiger charge is 2.10. The summed E-state index contributed by atoms with van der Waals surface area (Å²) in [7, 11) is 0. The summed E-state index contributed by atoms with van der Waals surface area (Å²) in [4.78, 5) is 11.6. The molecule has 0 heterocycles. The van der Waals surface area contributed by atoms with Crippen molar-refractivity contribution in [1.82, 2.24) is 5.32 Å². The van der Waals surface area contributed by atoms with Crippen molar-refractivity contribution in [3.63, 3.8) is 0 Å². The second-order valence-corrected chi connectivity index (χ2v) is 3.70. The van der Waals surface area contributed by atoms with E-state index >= 15 is 0 Å². The molecule has 0 fully saturated rings. The molecule has 0 saturated carbocycles. The van der Waals surface area contributed by atoms with Crippen LogP contribution in [0.3, 0.4) is 0 Å². The van der Waals surface area contributed by atoms with Crippen LogP contribution in [0.4, 0.5) is 0 Å². The highest BCUT2D eigenvalue weighted by Crippen LogP contribution is 2.09. The summed E-state index contributed by atoms with van der Waals surface area (Å²) in [5.41, 5.74) is 0.548. The van der Waals surface area contributed by atoms with Crippen LogP contribution < -0.4 is 5.32 Å². The zero-order valence-electron chi connectivity index (χ0n) is 8.53. The molecule has 0 aromatic heterocycles. The monoisotopic (exact) mass is 227 g/mol. The molecule has 1 amide bonds. The topological polar surface area (TPSA) is 49.3 Å². The molecule has 2 N–H and O–H groups in total. The first-order valence-corrected chi connectivity index (χ1v) is 5.22. The first-order chi connectivity index (χ1) is 7.17. The van der Waals surface area contributed by atoms with Gasteiger partial charge in [-0.2, -0.15) is 0 Å². The molecule has 82 valence electrons. The molecule has 4 heteroatoms. The number of carbonyl (C=O) groups is 1. The van der Waals surface area contributed by atoms with E-state index in [1.807, 2.05) is 6.92 Å². The highest BCUT2D eigenvalue weighted by atomic mass is 35.5. The van der Waals surface area contributed by atoms with Crippen molar-refractivity contribution in [1.29, 1.82) is 0 Å². The maximum atomic E-state index is 11.6. The van der Waals surface area contributed by atoms with Gasteiger partial charge in [-0.1, -0.05) is 18.5 Å². The molecule has 0 radical (unpaired) electrons. The molecule has 0 aliphatic heterocycles. The van der Waals surface area contributed by atoms with Gasteiger partial charge in [-0.25, -0.2) is 0 Å². The molecule has 0 aliphatic carbocycles. The summed E-state index contributed by atoms with van der Waals surface area (Å²) in [5, 5.41) is 12.2. The Bertz CT molecular complexity index is 320. The number of halogens is 1. The van der Waals surface area contributed by atoms with Crippen molar-refractivity contribution in [2.45, 2.75) is 19.4 Å². The van der Waals surface area contributed by atoms with Crippen LogP contribution in [0.25, 0.3) is 0 Å². The molecule has 1 aromatic rings. The molecule has 1 unspecified atom stereocenters. The molecule has 0 bridgehead atoms. The van der Waals surface area contributed by atoms with Gasteiger partial charge in [0.05, 0.1) is 12.6 Å². The van der Waals surface area contributed by atoms with E-state index in [2.05, 4.69) is 5.32 Å². The van der Waals surface area contributed by atoms with Crippen molar-refractivity contribution in [3.8, 4) is 0 Å². The quantitative estimate of drug-likeness (QED) is 0.825. The highest BCUT2D eigenvalue weighted by molar-refractivity contribution is 6.30. The lowest BCUT2D eigenvalue weighted by Crippen LogP contribution is -2.36.